The van der Waals surface area contributed by atoms with Crippen LogP contribution in [0.25, 0.3) is 0 Å². The van der Waals surface area contributed by atoms with Gasteiger partial charge < -0.3 is 16.4 Å². The van der Waals surface area contributed by atoms with Crippen LogP contribution in [0.1, 0.15) is 68.7 Å². The highest BCUT2D eigenvalue weighted by Gasteiger charge is 2.47. The van der Waals surface area contributed by atoms with E-state index in [4.69, 9.17) is 28.9 Å². The predicted octanol–water partition coefficient (Wildman–Crippen LogP) is 6.39. The van der Waals surface area contributed by atoms with E-state index in [-0.39, 0.29) is 38.5 Å². The number of aromatic nitrogens is 2. The molecule has 1 aromatic carbocycles. The van der Waals surface area contributed by atoms with Crippen LogP contribution in [0.15, 0.2) is 24.3 Å². The topological polar surface area (TPSA) is 102 Å². The second kappa shape index (κ2) is 9.52. The Hall–Kier alpha value is -2.76. The largest absolute Gasteiger partial charge is 0.410 e. The average molecular weight is 572 g/mol. The summed E-state index contributed by atoms with van der Waals surface area (Å²) in [6.45, 7) is 2.11. The lowest BCUT2D eigenvalue weighted by molar-refractivity contribution is -0.173. The maximum absolute atomic E-state index is 14.0. The zero-order chi connectivity index (χ0) is 26.6. The van der Waals surface area contributed by atoms with Gasteiger partial charge in [0, 0.05) is 17.4 Å². The smallest absolute Gasteiger partial charge is 0.365 e. The first-order valence-electron chi connectivity index (χ1n) is 11.6. The maximum atomic E-state index is 14.0. The molecular weight excluding hydrogens is 550 g/mol. The van der Waals surface area contributed by atoms with Gasteiger partial charge in [-0.2, -0.15) is 18.3 Å². The predicted molar refractivity (Wildman–Crippen MR) is 137 cm³/mol. The molecule has 7 nitrogen and oxygen atoms in total. The quantitative estimate of drug-likeness (QED) is 0.337. The SMILES string of the molecule is C[C@H]1CCc2c(sc(NC(=O)c3cc4n(n3)[C@@H](C(F)(F)F)C[C@H](c3ccc(Cl)c(Cl)c3)N4)c2C(N)=O)C1. The van der Waals surface area contributed by atoms with Gasteiger partial charge in [-0.05, 0) is 48.4 Å². The highest BCUT2D eigenvalue weighted by Crippen LogP contribution is 2.45. The first kappa shape index (κ1) is 25.9. The number of hydrogen-bond donors (Lipinski definition) is 3. The van der Waals surface area contributed by atoms with Gasteiger partial charge in [-0.15, -0.1) is 11.3 Å². The van der Waals surface area contributed by atoms with Crippen LogP contribution in [-0.2, 0) is 12.8 Å². The molecule has 3 heterocycles. The van der Waals surface area contributed by atoms with E-state index in [1.54, 1.807) is 6.07 Å². The average Bonchev–Trinajstić information content (AvgIpc) is 3.40. The number of thiophene rings is 1. The Labute approximate surface area is 224 Å². The van der Waals surface area contributed by atoms with Crippen molar-refractivity contribution in [1.82, 2.24) is 9.78 Å². The Bertz CT molecular complexity index is 1400. The molecular formula is C24H22Cl2F3N5O2S. The van der Waals surface area contributed by atoms with Gasteiger partial charge in [0.1, 0.15) is 10.8 Å². The van der Waals surface area contributed by atoms with Gasteiger partial charge in [0.05, 0.1) is 21.7 Å². The molecule has 1 aliphatic carbocycles. The summed E-state index contributed by atoms with van der Waals surface area (Å²) in [7, 11) is 0. The summed E-state index contributed by atoms with van der Waals surface area (Å²) in [6, 6.07) is 3.18. The third kappa shape index (κ3) is 4.92. The molecule has 0 bridgehead atoms. The van der Waals surface area contributed by atoms with Crippen LogP contribution in [0, 0.1) is 5.92 Å². The Morgan fingerprint density at radius 1 is 1.24 bits per heavy atom. The monoisotopic (exact) mass is 571 g/mol. The fourth-order valence-electron chi connectivity index (χ4n) is 4.90. The zero-order valence-corrected chi connectivity index (χ0v) is 21.8. The minimum absolute atomic E-state index is 0.0317. The summed E-state index contributed by atoms with van der Waals surface area (Å²) < 4.78 is 42.9. The van der Waals surface area contributed by atoms with E-state index in [9.17, 15) is 22.8 Å². The van der Waals surface area contributed by atoms with Crippen LogP contribution in [-0.4, -0.2) is 27.8 Å². The number of carbonyl (C=O) groups is 2. The van der Waals surface area contributed by atoms with E-state index in [0.29, 0.717) is 17.9 Å². The molecule has 0 saturated carbocycles. The summed E-state index contributed by atoms with van der Waals surface area (Å²) in [4.78, 5) is 26.3. The number of halogens is 5. The summed E-state index contributed by atoms with van der Waals surface area (Å²) in [5.74, 6) is -0.923. The molecule has 0 unspecified atom stereocenters. The normalized spacial score (nSPS) is 21.1. The maximum Gasteiger partial charge on any atom is 0.410 e. The first-order valence-corrected chi connectivity index (χ1v) is 13.1. The van der Waals surface area contributed by atoms with Crippen molar-refractivity contribution in [2.75, 3.05) is 10.6 Å². The minimum Gasteiger partial charge on any atom is -0.365 e. The van der Waals surface area contributed by atoms with Gasteiger partial charge in [0.15, 0.2) is 11.7 Å². The molecule has 5 rings (SSSR count). The van der Waals surface area contributed by atoms with E-state index >= 15 is 0 Å². The number of benzene rings is 1. The minimum atomic E-state index is -4.62. The molecule has 196 valence electrons. The molecule has 0 saturated heterocycles. The zero-order valence-electron chi connectivity index (χ0n) is 19.5. The van der Waals surface area contributed by atoms with E-state index in [1.165, 1.54) is 29.5 Å². The fraction of sp³-hybridized carbons (Fsp3) is 0.375. The van der Waals surface area contributed by atoms with Gasteiger partial charge in [0.2, 0.25) is 0 Å². The highest BCUT2D eigenvalue weighted by molar-refractivity contribution is 7.17. The molecule has 2 aromatic heterocycles. The Morgan fingerprint density at radius 2 is 2.00 bits per heavy atom. The number of fused-ring (bicyclic) bond motifs is 2. The molecule has 0 fully saturated rings. The Balaban J connectivity index is 1.46. The van der Waals surface area contributed by atoms with Gasteiger partial charge in [-0.25, -0.2) is 4.68 Å². The van der Waals surface area contributed by atoms with Gasteiger partial charge in [0.25, 0.3) is 11.8 Å². The molecule has 3 aromatic rings. The molecule has 0 radical (unpaired) electrons. The second-order valence-corrected chi connectivity index (χ2v) is 11.3. The van der Waals surface area contributed by atoms with E-state index < -0.39 is 30.1 Å². The lowest BCUT2D eigenvalue weighted by atomic mass is 9.88. The molecule has 0 spiro atoms. The summed E-state index contributed by atoms with van der Waals surface area (Å²) in [5, 5.41) is 10.5. The van der Waals surface area contributed by atoms with Crippen molar-refractivity contribution in [3.05, 3.63) is 61.6 Å². The number of carbonyl (C=O) groups excluding carboxylic acids is 2. The van der Waals surface area contributed by atoms with Crippen molar-refractivity contribution in [2.24, 2.45) is 11.7 Å². The van der Waals surface area contributed by atoms with Crippen molar-refractivity contribution in [1.29, 1.82) is 0 Å². The van der Waals surface area contributed by atoms with Gasteiger partial charge >= 0.3 is 6.18 Å². The van der Waals surface area contributed by atoms with Crippen molar-refractivity contribution < 1.29 is 22.8 Å². The number of alkyl halides is 3. The third-order valence-electron chi connectivity index (χ3n) is 6.75. The van der Waals surface area contributed by atoms with Crippen LogP contribution in [0.3, 0.4) is 0 Å². The number of amides is 2. The molecule has 37 heavy (non-hydrogen) atoms. The molecule has 4 N–H and O–H groups in total. The van der Waals surface area contributed by atoms with Gasteiger partial charge in [-0.3, -0.25) is 9.59 Å². The van der Waals surface area contributed by atoms with Crippen molar-refractivity contribution in [2.45, 2.75) is 50.9 Å². The van der Waals surface area contributed by atoms with Crippen LogP contribution < -0.4 is 16.4 Å². The van der Waals surface area contributed by atoms with Crippen LogP contribution >= 0.6 is 34.5 Å². The summed E-state index contributed by atoms with van der Waals surface area (Å²) in [5.41, 5.74) is 7.00. The Morgan fingerprint density at radius 3 is 2.68 bits per heavy atom. The molecule has 2 aliphatic rings. The lowest BCUT2D eigenvalue weighted by Crippen LogP contribution is -2.35. The highest BCUT2D eigenvalue weighted by atomic mass is 35.5. The fourth-order valence-corrected chi connectivity index (χ4v) is 6.62. The lowest BCUT2D eigenvalue weighted by Gasteiger charge is -2.33. The van der Waals surface area contributed by atoms with Crippen LogP contribution in [0.5, 0.6) is 0 Å². The van der Waals surface area contributed by atoms with E-state index in [1.807, 2.05) is 0 Å². The van der Waals surface area contributed by atoms with Crippen molar-refractivity contribution in [3.8, 4) is 0 Å². The van der Waals surface area contributed by atoms with Crippen molar-refractivity contribution >= 4 is 57.2 Å². The number of anilines is 2. The first-order chi connectivity index (χ1) is 17.4. The van der Waals surface area contributed by atoms with Crippen molar-refractivity contribution in [3.63, 3.8) is 0 Å². The summed E-state index contributed by atoms with van der Waals surface area (Å²) in [6.07, 6.45) is -2.64. The summed E-state index contributed by atoms with van der Waals surface area (Å²) >= 11 is 13.3. The molecule has 13 heteroatoms. The number of nitrogens with one attached hydrogen (secondary N) is 2. The molecule has 2 amide bonds. The van der Waals surface area contributed by atoms with E-state index in [0.717, 1.165) is 28.0 Å². The van der Waals surface area contributed by atoms with Gasteiger partial charge in [-0.1, -0.05) is 36.2 Å². The third-order valence-corrected chi connectivity index (χ3v) is 8.66. The number of nitrogens with two attached hydrogens (primary N) is 1. The van der Waals surface area contributed by atoms with Crippen LogP contribution in [0.4, 0.5) is 24.0 Å². The number of rotatable bonds is 4. The molecule has 1 aliphatic heterocycles. The second-order valence-electron chi connectivity index (χ2n) is 9.40. The molecule has 3 atom stereocenters. The number of hydrogen-bond acceptors (Lipinski definition) is 5. The number of nitrogens with zero attached hydrogens (tertiary/aromatic N) is 2. The van der Waals surface area contributed by atoms with Crippen LogP contribution in [0.2, 0.25) is 10.0 Å². The van der Waals surface area contributed by atoms with E-state index in [2.05, 4.69) is 22.7 Å². The standard InChI is InChI=1S/C24H22Cl2F3N5O2S/c1-10-2-4-12-17(6-10)37-23(20(12)21(30)35)32-22(36)16-9-19-31-15(11-3-5-13(25)14(26)7-11)8-18(24(27,28)29)34(19)33-16/h3,5,7,9-10,15,18,31H,2,4,6,8H2,1H3,(H2,30,35)(H,32,36)/t10-,15+,18+/m0/s1. The number of primary amides is 1. The Kier molecular flexibility index (Phi) is 6.66.